The summed E-state index contributed by atoms with van der Waals surface area (Å²) in [4.78, 5) is 38.0. The summed E-state index contributed by atoms with van der Waals surface area (Å²) in [7, 11) is 1.53. The number of hydrogen-bond donors (Lipinski definition) is 2. The second-order valence-corrected chi connectivity index (χ2v) is 6.57. The first-order valence-electron chi connectivity index (χ1n) is 8.40. The third-order valence-electron chi connectivity index (χ3n) is 5.21. The van der Waals surface area contributed by atoms with Gasteiger partial charge in [0.1, 0.15) is 6.04 Å². The van der Waals surface area contributed by atoms with Gasteiger partial charge >= 0.3 is 5.97 Å². The number of hydrogen-bond acceptors (Lipinski definition) is 3. The molecule has 6 nitrogen and oxygen atoms in total. The summed E-state index contributed by atoms with van der Waals surface area (Å²) in [6.07, 6.45) is 4.49. The lowest BCUT2D eigenvalue weighted by Gasteiger charge is -2.33. The van der Waals surface area contributed by atoms with Gasteiger partial charge in [0.25, 0.3) is 11.8 Å². The smallest absolute Gasteiger partial charge is 0.326 e. The van der Waals surface area contributed by atoms with Crippen LogP contribution in [-0.4, -0.2) is 46.9 Å². The Kier molecular flexibility index (Phi) is 4.55. The van der Waals surface area contributed by atoms with Crippen molar-refractivity contribution in [3.63, 3.8) is 0 Å². The minimum atomic E-state index is -0.944. The fraction of sp³-hybridized carbons (Fsp3) is 0.500. The summed E-state index contributed by atoms with van der Waals surface area (Å²) in [5.74, 6) is -1.23. The van der Waals surface area contributed by atoms with Crippen LogP contribution in [0, 0.1) is 5.92 Å². The molecule has 2 amide bonds. The molecule has 1 aromatic carbocycles. The van der Waals surface area contributed by atoms with Gasteiger partial charge in [-0.1, -0.05) is 18.9 Å². The van der Waals surface area contributed by atoms with Crippen molar-refractivity contribution in [2.45, 2.75) is 44.2 Å². The van der Waals surface area contributed by atoms with Crippen molar-refractivity contribution in [2.24, 2.45) is 5.92 Å². The van der Waals surface area contributed by atoms with E-state index in [1.54, 1.807) is 23.1 Å². The van der Waals surface area contributed by atoms with Gasteiger partial charge < -0.3 is 15.3 Å². The molecule has 1 saturated heterocycles. The van der Waals surface area contributed by atoms with Gasteiger partial charge in [-0.3, -0.25) is 9.59 Å². The molecule has 1 aliphatic carbocycles. The molecular weight excluding hydrogens is 308 g/mol. The first-order valence-corrected chi connectivity index (χ1v) is 8.40. The highest BCUT2D eigenvalue weighted by Gasteiger charge is 2.47. The van der Waals surface area contributed by atoms with Crippen molar-refractivity contribution in [3.8, 4) is 0 Å². The molecule has 0 spiro atoms. The Hall–Kier alpha value is -2.37. The molecule has 6 heteroatoms. The van der Waals surface area contributed by atoms with Crippen molar-refractivity contribution < 1.29 is 19.5 Å². The Morgan fingerprint density at radius 3 is 2.58 bits per heavy atom. The number of fused-ring (bicyclic) bond motifs is 1. The Morgan fingerprint density at radius 1 is 1.17 bits per heavy atom. The van der Waals surface area contributed by atoms with Gasteiger partial charge in [0, 0.05) is 24.2 Å². The number of carbonyl (C=O) groups excluding carboxylic acids is 2. The Balaban J connectivity index is 1.92. The van der Waals surface area contributed by atoms with Gasteiger partial charge in [-0.25, -0.2) is 4.79 Å². The third kappa shape index (κ3) is 2.88. The number of carboxylic acids is 1. The highest BCUT2D eigenvalue weighted by Crippen LogP contribution is 2.40. The molecule has 3 unspecified atom stereocenters. The van der Waals surface area contributed by atoms with E-state index < -0.39 is 12.0 Å². The predicted octanol–water partition coefficient (Wildman–Crippen LogP) is 1.90. The van der Waals surface area contributed by atoms with Crippen LogP contribution in [0.15, 0.2) is 24.3 Å². The van der Waals surface area contributed by atoms with Crippen molar-refractivity contribution in [1.29, 1.82) is 0 Å². The Morgan fingerprint density at radius 2 is 1.88 bits per heavy atom. The zero-order valence-corrected chi connectivity index (χ0v) is 13.7. The summed E-state index contributed by atoms with van der Waals surface area (Å²) in [6, 6.07) is 5.70. The SMILES string of the molecule is CNC(=O)c1cccc(C(=O)N2C(C(=O)O)CC3CCCCC32)c1. The molecule has 2 aliphatic rings. The van der Waals surface area contributed by atoms with Gasteiger partial charge in [-0.05, 0) is 43.4 Å². The standard InChI is InChI=1S/C18H22N2O4/c1-19-16(21)12-6-4-7-13(9-12)17(22)20-14-8-3-2-5-11(14)10-15(20)18(23)24/h4,6-7,9,11,14-15H,2-3,5,8,10H2,1H3,(H,19,21)(H,23,24). The van der Waals surface area contributed by atoms with Crippen LogP contribution in [0.4, 0.5) is 0 Å². The molecule has 2 N–H and O–H groups in total. The van der Waals surface area contributed by atoms with E-state index in [0.29, 0.717) is 17.5 Å². The second-order valence-electron chi connectivity index (χ2n) is 6.57. The van der Waals surface area contributed by atoms with E-state index in [2.05, 4.69) is 5.32 Å². The van der Waals surface area contributed by atoms with Gasteiger partial charge in [0.2, 0.25) is 0 Å². The molecule has 24 heavy (non-hydrogen) atoms. The number of amides is 2. The van der Waals surface area contributed by atoms with E-state index in [-0.39, 0.29) is 23.8 Å². The molecule has 1 aliphatic heterocycles. The zero-order valence-electron chi connectivity index (χ0n) is 13.7. The molecule has 0 radical (unpaired) electrons. The van der Waals surface area contributed by atoms with Crippen molar-refractivity contribution in [2.75, 3.05) is 7.05 Å². The van der Waals surface area contributed by atoms with Crippen LogP contribution in [0.25, 0.3) is 0 Å². The van der Waals surface area contributed by atoms with Crippen LogP contribution >= 0.6 is 0 Å². The molecule has 3 rings (SSSR count). The van der Waals surface area contributed by atoms with Gasteiger partial charge in [-0.2, -0.15) is 0 Å². The number of aliphatic carboxylic acids is 1. The van der Waals surface area contributed by atoms with Gasteiger partial charge in [0.05, 0.1) is 0 Å². The topological polar surface area (TPSA) is 86.7 Å². The highest BCUT2D eigenvalue weighted by molar-refractivity contribution is 6.01. The van der Waals surface area contributed by atoms with Crippen LogP contribution in [0.2, 0.25) is 0 Å². The van der Waals surface area contributed by atoms with Crippen LogP contribution in [0.3, 0.4) is 0 Å². The normalized spacial score (nSPS) is 25.9. The Labute approximate surface area is 140 Å². The average molecular weight is 330 g/mol. The zero-order chi connectivity index (χ0) is 17.3. The Bertz CT molecular complexity index is 673. The third-order valence-corrected chi connectivity index (χ3v) is 5.21. The maximum Gasteiger partial charge on any atom is 0.326 e. The molecule has 2 fully saturated rings. The fourth-order valence-electron chi connectivity index (χ4n) is 4.06. The molecule has 1 heterocycles. The van der Waals surface area contributed by atoms with Crippen LogP contribution < -0.4 is 5.32 Å². The molecule has 3 atom stereocenters. The summed E-state index contributed by atoms with van der Waals surface area (Å²) in [5.41, 5.74) is 0.767. The molecular formula is C18H22N2O4. The maximum atomic E-state index is 13.0. The number of likely N-dealkylation sites (tertiary alicyclic amines) is 1. The largest absolute Gasteiger partial charge is 0.480 e. The van der Waals surface area contributed by atoms with E-state index >= 15 is 0 Å². The summed E-state index contributed by atoms with van der Waals surface area (Å²) in [6.45, 7) is 0. The second kappa shape index (κ2) is 6.63. The van der Waals surface area contributed by atoms with Crippen molar-refractivity contribution >= 4 is 17.8 Å². The average Bonchev–Trinajstić information content (AvgIpc) is 3.00. The van der Waals surface area contributed by atoms with Crippen LogP contribution in [-0.2, 0) is 4.79 Å². The van der Waals surface area contributed by atoms with E-state index in [1.807, 2.05) is 0 Å². The minimum absolute atomic E-state index is 0.00370. The molecule has 1 saturated carbocycles. The van der Waals surface area contributed by atoms with Crippen molar-refractivity contribution in [1.82, 2.24) is 10.2 Å². The first kappa shape index (κ1) is 16.5. The van der Waals surface area contributed by atoms with Gasteiger partial charge in [0.15, 0.2) is 0 Å². The quantitative estimate of drug-likeness (QED) is 0.886. The molecule has 128 valence electrons. The molecule has 1 aromatic rings. The van der Waals surface area contributed by atoms with Crippen LogP contribution in [0.1, 0.15) is 52.8 Å². The number of benzene rings is 1. The molecule has 0 bridgehead atoms. The van der Waals surface area contributed by atoms with E-state index in [9.17, 15) is 19.5 Å². The number of nitrogens with zero attached hydrogens (tertiary/aromatic N) is 1. The number of carboxylic acid groups (broad SMARTS) is 1. The van der Waals surface area contributed by atoms with E-state index in [0.717, 1.165) is 25.7 Å². The summed E-state index contributed by atoms with van der Waals surface area (Å²) >= 11 is 0. The fourth-order valence-corrected chi connectivity index (χ4v) is 4.06. The van der Waals surface area contributed by atoms with E-state index in [4.69, 9.17) is 0 Å². The number of rotatable bonds is 3. The summed E-state index contributed by atoms with van der Waals surface area (Å²) in [5, 5.41) is 12.1. The number of nitrogens with one attached hydrogen (secondary N) is 1. The molecule has 0 aromatic heterocycles. The lowest BCUT2D eigenvalue weighted by atomic mass is 9.84. The van der Waals surface area contributed by atoms with Crippen molar-refractivity contribution in [3.05, 3.63) is 35.4 Å². The predicted molar refractivity (Wildman–Crippen MR) is 87.8 cm³/mol. The minimum Gasteiger partial charge on any atom is -0.480 e. The highest BCUT2D eigenvalue weighted by atomic mass is 16.4. The van der Waals surface area contributed by atoms with Crippen LogP contribution in [0.5, 0.6) is 0 Å². The lowest BCUT2D eigenvalue weighted by Crippen LogP contribution is -2.46. The lowest BCUT2D eigenvalue weighted by molar-refractivity contribution is -0.141. The number of carbonyl (C=O) groups is 3. The maximum absolute atomic E-state index is 13.0. The first-order chi connectivity index (χ1) is 11.5. The van der Waals surface area contributed by atoms with Gasteiger partial charge in [-0.15, -0.1) is 0 Å². The van der Waals surface area contributed by atoms with E-state index in [1.165, 1.54) is 13.1 Å². The monoisotopic (exact) mass is 330 g/mol. The summed E-state index contributed by atoms with van der Waals surface area (Å²) < 4.78 is 0.